The molecule has 1 saturated heterocycles. The third-order valence-electron chi connectivity index (χ3n) is 5.62. The van der Waals surface area contributed by atoms with Gasteiger partial charge in [-0.15, -0.1) is 0 Å². The van der Waals surface area contributed by atoms with Crippen LogP contribution in [0.5, 0.6) is 5.75 Å². The number of methoxy groups -OCH3 is 1. The molecule has 0 unspecified atom stereocenters. The molecule has 3 heteroatoms. The van der Waals surface area contributed by atoms with Gasteiger partial charge < -0.3 is 14.5 Å². The Labute approximate surface area is 135 Å². The molecule has 0 radical (unpaired) electrons. The van der Waals surface area contributed by atoms with E-state index in [-0.39, 0.29) is 0 Å². The summed E-state index contributed by atoms with van der Waals surface area (Å²) in [5.74, 6) is 0.986. The van der Waals surface area contributed by atoms with Gasteiger partial charge in [0.2, 0.25) is 0 Å². The van der Waals surface area contributed by atoms with Gasteiger partial charge in [-0.3, -0.25) is 0 Å². The number of piperazine rings is 1. The lowest BCUT2D eigenvalue weighted by molar-refractivity contribution is -1.03. The molecule has 1 aliphatic carbocycles. The summed E-state index contributed by atoms with van der Waals surface area (Å²) < 4.78 is 5.34. The molecule has 122 valence electrons. The summed E-state index contributed by atoms with van der Waals surface area (Å²) in [7, 11) is 1.75. The van der Waals surface area contributed by atoms with Crippen LogP contribution in [0.2, 0.25) is 0 Å². The zero-order chi connectivity index (χ0) is 15.2. The third kappa shape index (κ3) is 4.23. The summed E-state index contributed by atoms with van der Waals surface area (Å²) in [6.45, 7) is 6.52. The van der Waals surface area contributed by atoms with E-state index in [4.69, 9.17) is 4.74 Å². The maximum Gasteiger partial charge on any atom is 0.127 e. The van der Waals surface area contributed by atoms with Gasteiger partial charge in [0.05, 0.1) is 13.2 Å². The topological polar surface area (TPSA) is 18.1 Å². The molecular formula is C19H32N2O+2. The van der Waals surface area contributed by atoms with Gasteiger partial charge in [-0.2, -0.15) is 0 Å². The van der Waals surface area contributed by atoms with Crippen LogP contribution >= 0.6 is 0 Å². The van der Waals surface area contributed by atoms with Gasteiger partial charge in [0.1, 0.15) is 38.5 Å². The molecule has 2 fully saturated rings. The second-order valence-corrected chi connectivity index (χ2v) is 7.13. The van der Waals surface area contributed by atoms with Crippen LogP contribution in [0.1, 0.15) is 44.1 Å². The van der Waals surface area contributed by atoms with Crippen molar-refractivity contribution in [3.63, 3.8) is 0 Å². The molecule has 0 bridgehead atoms. The lowest BCUT2D eigenvalue weighted by Crippen LogP contribution is -3.29. The summed E-state index contributed by atoms with van der Waals surface area (Å²) in [4.78, 5) is 3.64. The van der Waals surface area contributed by atoms with Gasteiger partial charge in [0.25, 0.3) is 0 Å². The van der Waals surface area contributed by atoms with Crippen molar-refractivity contribution >= 4 is 0 Å². The molecule has 2 aliphatic rings. The van der Waals surface area contributed by atoms with Crippen LogP contribution in [0.25, 0.3) is 0 Å². The number of ether oxygens (including phenoxy) is 1. The molecule has 1 heterocycles. The first-order chi connectivity index (χ1) is 10.8. The molecule has 22 heavy (non-hydrogen) atoms. The Balaban J connectivity index is 1.48. The Morgan fingerprint density at radius 1 is 1.00 bits per heavy atom. The fourth-order valence-electron chi connectivity index (χ4n) is 4.27. The summed E-state index contributed by atoms with van der Waals surface area (Å²) in [6.07, 6.45) is 8.82. The van der Waals surface area contributed by atoms with Crippen LogP contribution in [-0.4, -0.2) is 39.3 Å². The molecule has 2 N–H and O–H groups in total. The van der Waals surface area contributed by atoms with Crippen LogP contribution < -0.4 is 14.5 Å². The molecule has 1 saturated carbocycles. The van der Waals surface area contributed by atoms with Gasteiger partial charge in [0.15, 0.2) is 0 Å². The molecule has 1 aliphatic heterocycles. The zero-order valence-electron chi connectivity index (χ0n) is 14.1. The van der Waals surface area contributed by atoms with Crippen molar-refractivity contribution in [2.75, 3.05) is 33.3 Å². The number of rotatable bonds is 4. The highest BCUT2D eigenvalue weighted by atomic mass is 16.5. The third-order valence-corrected chi connectivity index (χ3v) is 5.62. The predicted octanol–water partition coefficient (Wildman–Crippen LogP) is 0.701. The predicted molar refractivity (Wildman–Crippen MR) is 89.6 cm³/mol. The minimum atomic E-state index is 0.959. The average Bonchev–Trinajstić information content (AvgIpc) is 2.85. The van der Waals surface area contributed by atoms with Crippen LogP contribution in [0.3, 0.4) is 0 Å². The second kappa shape index (κ2) is 7.98. The fourth-order valence-corrected chi connectivity index (χ4v) is 4.27. The summed E-state index contributed by atoms with van der Waals surface area (Å²) in [5, 5.41) is 0. The monoisotopic (exact) mass is 304 g/mol. The lowest BCUT2D eigenvalue weighted by atomic mass is 10.1. The summed E-state index contributed by atoms with van der Waals surface area (Å²) >= 11 is 0. The highest BCUT2D eigenvalue weighted by molar-refractivity contribution is 5.27. The Bertz CT molecular complexity index is 447. The Morgan fingerprint density at radius 3 is 2.41 bits per heavy atom. The first-order valence-electron chi connectivity index (χ1n) is 9.16. The molecule has 0 spiro atoms. The van der Waals surface area contributed by atoms with E-state index in [1.54, 1.807) is 12.0 Å². The van der Waals surface area contributed by atoms with Gasteiger partial charge >= 0.3 is 0 Å². The largest absolute Gasteiger partial charge is 0.497 e. The van der Waals surface area contributed by atoms with Gasteiger partial charge in [0, 0.05) is 5.56 Å². The van der Waals surface area contributed by atoms with Crippen molar-refractivity contribution in [3.8, 4) is 5.75 Å². The van der Waals surface area contributed by atoms with Crippen LogP contribution in [0, 0.1) is 0 Å². The standard InChI is InChI=1S/C19H30N2O/c1-22-19-10-6-7-17(15-19)16-20-11-13-21(14-12-20)18-8-4-2-3-5-9-18/h6-7,10,15,18H,2-5,8-9,11-14,16H2,1H3/p+2. The number of benzene rings is 1. The van der Waals surface area contributed by atoms with Gasteiger partial charge in [-0.05, 0) is 37.8 Å². The average molecular weight is 304 g/mol. The van der Waals surface area contributed by atoms with E-state index in [0.29, 0.717) is 0 Å². The van der Waals surface area contributed by atoms with Gasteiger partial charge in [-0.25, -0.2) is 0 Å². The molecule has 3 nitrogen and oxygen atoms in total. The first kappa shape index (κ1) is 15.8. The quantitative estimate of drug-likeness (QED) is 0.784. The van der Waals surface area contributed by atoms with Crippen molar-refractivity contribution in [3.05, 3.63) is 29.8 Å². The van der Waals surface area contributed by atoms with Crippen molar-refractivity contribution in [2.24, 2.45) is 0 Å². The van der Waals surface area contributed by atoms with E-state index in [0.717, 1.165) is 18.3 Å². The molecule has 3 rings (SSSR count). The van der Waals surface area contributed by atoms with E-state index in [9.17, 15) is 0 Å². The highest BCUT2D eigenvalue weighted by Crippen LogP contribution is 2.15. The van der Waals surface area contributed by atoms with Gasteiger partial charge in [-0.1, -0.05) is 25.0 Å². The van der Waals surface area contributed by atoms with E-state index in [2.05, 4.69) is 18.2 Å². The van der Waals surface area contributed by atoms with E-state index in [1.807, 2.05) is 11.0 Å². The smallest absolute Gasteiger partial charge is 0.127 e. The minimum absolute atomic E-state index is 0.959. The number of hydrogen-bond acceptors (Lipinski definition) is 1. The molecule has 1 aromatic carbocycles. The van der Waals surface area contributed by atoms with E-state index < -0.39 is 0 Å². The molecular weight excluding hydrogens is 272 g/mol. The maximum absolute atomic E-state index is 5.34. The van der Waals surface area contributed by atoms with E-state index in [1.165, 1.54) is 70.3 Å². The number of hydrogen-bond donors (Lipinski definition) is 2. The van der Waals surface area contributed by atoms with Crippen molar-refractivity contribution < 1.29 is 14.5 Å². The first-order valence-corrected chi connectivity index (χ1v) is 9.16. The molecule has 0 amide bonds. The fraction of sp³-hybridized carbons (Fsp3) is 0.684. The molecule has 0 aromatic heterocycles. The van der Waals surface area contributed by atoms with E-state index >= 15 is 0 Å². The Hall–Kier alpha value is -1.06. The van der Waals surface area contributed by atoms with Crippen LogP contribution in [0.4, 0.5) is 0 Å². The number of nitrogens with one attached hydrogen (secondary N) is 2. The Morgan fingerprint density at radius 2 is 1.73 bits per heavy atom. The van der Waals surface area contributed by atoms with Crippen LogP contribution in [0.15, 0.2) is 24.3 Å². The molecule has 0 atom stereocenters. The number of quaternary nitrogens is 2. The SMILES string of the molecule is COc1cccc(C[NH+]2CC[NH+](C3CCCCCC3)CC2)c1. The highest BCUT2D eigenvalue weighted by Gasteiger charge is 2.29. The van der Waals surface area contributed by atoms with Crippen molar-refractivity contribution in [1.29, 1.82) is 0 Å². The summed E-state index contributed by atoms with van der Waals surface area (Å²) in [6, 6.07) is 9.53. The normalized spacial score (nSPS) is 27.3. The summed E-state index contributed by atoms with van der Waals surface area (Å²) in [5.41, 5.74) is 1.41. The minimum Gasteiger partial charge on any atom is -0.497 e. The molecule has 1 aromatic rings. The zero-order valence-corrected chi connectivity index (χ0v) is 14.1. The van der Waals surface area contributed by atoms with Crippen LogP contribution in [-0.2, 0) is 6.54 Å². The Kier molecular flexibility index (Phi) is 5.74. The second-order valence-electron chi connectivity index (χ2n) is 7.13. The van der Waals surface area contributed by atoms with Crippen molar-refractivity contribution in [2.45, 2.75) is 51.1 Å². The maximum atomic E-state index is 5.34. The van der Waals surface area contributed by atoms with Crippen molar-refractivity contribution in [1.82, 2.24) is 0 Å². The lowest BCUT2D eigenvalue weighted by Gasteiger charge is -2.34.